The van der Waals surface area contributed by atoms with Gasteiger partial charge in [-0.25, -0.2) is 0 Å². The molecule has 2 aliphatic heterocycles. The monoisotopic (exact) mass is 272 g/mol. The molecule has 2 heteroatoms. The molecule has 1 unspecified atom stereocenters. The number of likely N-dealkylation sites (tertiary alicyclic amines) is 1. The highest BCUT2D eigenvalue weighted by molar-refractivity contribution is 5.31. The third-order valence-corrected chi connectivity index (χ3v) is 5.28. The molecule has 1 fully saturated rings. The van der Waals surface area contributed by atoms with Crippen LogP contribution in [-0.4, -0.2) is 24.5 Å². The lowest BCUT2D eigenvalue weighted by Gasteiger charge is -2.39. The maximum Gasteiger partial charge on any atom is 0.0363 e. The van der Waals surface area contributed by atoms with Crippen LogP contribution in [0.25, 0.3) is 0 Å². The third-order valence-electron chi connectivity index (χ3n) is 5.28. The van der Waals surface area contributed by atoms with Crippen LogP contribution >= 0.6 is 0 Å². The van der Waals surface area contributed by atoms with Crippen LogP contribution in [0.15, 0.2) is 24.3 Å². The van der Waals surface area contributed by atoms with E-state index in [4.69, 9.17) is 0 Å². The average Bonchev–Trinajstić information content (AvgIpc) is 2.69. The van der Waals surface area contributed by atoms with E-state index < -0.39 is 0 Å². The summed E-state index contributed by atoms with van der Waals surface area (Å²) in [6.07, 6.45) is 4.01. The van der Waals surface area contributed by atoms with Crippen LogP contribution in [-0.2, 0) is 6.54 Å². The Labute approximate surface area is 123 Å². The van der Waals surface area contributed by atoms with E-state index in [0.717, 1.165) is 24.9 Å². The molecule has 1 N–H and O–H groups in total. The van der Waals surface area contributed by atoms with Crippen molar-refractivity contribution in [3.63, 3.8) is 0 Å². The van der Waals surface area contributed by atoms with E-state index in [2.05, 4.69) is 48.3 Å². The first-order chi connectivity index (χ1) is 9.75. The number of nitrogens with zero attached hydrogens (tertiary/aromatic N) is 1. The standard InChI is InChI=1S/C18H28N2/c1-14(2)15-8-11-20(12-9-15)18-7-10-19-13-16-5-3-4-6-17(16)18/h3-6,14-15,18-19H,7-13H2,1-2H3. The van der Waals surface area contributed by atoms with Crippen molar-refractivity contribution in [2.24, 2.45) is 11.8 Å². The summed E-state index contributed by atoms with van der Waals surface area (Å²) in [5.74, 6) is 1.78. The van der Waals surface area contributed by atoms with Gasteiger partial charge in [0.15, 0.2) is 0 Å². The zero-order chi connectivity index (χ0) is 13.9. The minimum Gasteiger partial charge on any atom is -0.313 e. The molecule has 1 atom stereocenters. The molecule has 1 aromatic rings. The summed E-state index contributed by atoms with van der Waals surface area (Å²) < 4.78 is 0. The second-order valence-corrected chi connectivity index (χ2v) is 6.80. The Morgan fingerprint density at radius 1 is 1.10 bits per heavy atom. The predicted molar refractivity (Wildman–Crippen MR) is 84.6 cm³/mol. The summed E-state index contributed by atoms with van der Waals surface area (Å²) in [4.78, 5) is 2.74. The van der Waals surface area contributed by atoms with Gasteiger partial charge in [-0.3, -0.25) is 4.90 Å². The van der Waals surface area contributed by atoms with Gasteiger partial charge < -0.3 is 5.32 Å². The maximum atomic E-state index is 3.57. The van der Waals surface area contributed by atoms with E-state index in [9.17, 15) is 0 Å². The van der Waals surface area contributed by atoms with Gasteiger partial charge in [0.05, 0.1) is 0 Å². The second-order valence-electron chi connectivity index (χ2n) is 6.80. The van der Waals surface area contributed by atoms with Gasteiger partial charge in [-0.2, -0.15) is 0 Å². The highest BCUT2D eigenvalue weighted by atomic mass is 15.2. The first-order valence-electron chi connectivity index (χ1n) is 8.28. The van der Waals surface area contributed by atoms with Crippen molar-refractivity contribution >= 4 is 0 Å². The van der Waals surface area contributed by atoms with Crippen LogP contribution in [0.4, 0.5) is 0 Å². The Hall–Kier alpha value is -0.860. The van der Waals surface area contributed by atoms with Crippen molar-refractivity contribution in [1.82, 2.24) is 10.2 Å². The Balaban J connectivity index is 1.74. The van der Waals surface area contributed by atoms with Crippen LogP contribution in [0, 0.1) is 11.8 Å². The molecule has 0 aromatic heterocycles. The minimum absolute atomic E-state index is 0.634. The summed E-state index contributed by atoms with van der Waals surface area (Å²) in [6.45, 7) is 9.50. The molecule has 2 aliphatic rings. The number of piperidine rings is 1. The molecular formula is C18H28N2. The number of hydrogen-bond acceptors (Lipinski definition) is 2. The van der Waals surface area contributed by atoms with Gasteiger partial charge in [0, 0.05) is 12.6 Å². The van der Waals surface area contributed by atoms with Crippen molar-refractivity contribution in [1.29, 1.82) is 0 Å². The normalized spacial score (nSPS) is 25.4. The molecule has 110 valence electrons. The lowest BCUT2D eigenvalue weighted by atomic mass is 9.85. The van der Waals surface area contributed by atoms with E-state index in [-0.39, 0.29) is 0 Å². The number of hydrogen-bond donors (Lipinski definition) is 1. The average molecular weight is 272 g/mol. The van der Waals surface area contributed by atoms with Crippen molar-refractivity contribution in [2.45, 2.75) is 45.7 Å². The number of fused-ring (bicyclic) bond motifs is 1. The molecule has 3 rings (SSSR count). The molecule has 0 saturated carbocycles. The van der Waals surface area contributed by atoms with Crippen molar-refractivity contribution < 1.29 is 0 Å². The molecule has 20 heavy (non-hydrogen) atoms. The molecule has 0 spiro atoms. The number of nitrogens with one attached hydrogen (secondary N) is 1. The molecule has 1 saturated heterocycles. The Kier molecular flexibility index (Phi) is 4.42. The molecule has 0 bridgehead atoms. The summed E-state index contributed by atoms with van der Waals surface area (Å²) in [7, 11) is 0. The minimum atomic E-state index is 0.634. The molecule has 2 heterocycles. The van der Waals surface area contributed by atoms with Crippen molar-refractivity contribution in [2.75, 3.05) is 19.6 Å². The first kappa shape index (κ1) is 14.1. The van der Waals surface area contributed by atoms with Crippen molar-refractivity contribution in [3.8, 4) is 0 Å². The van der Waals surface area contributed by atoms with Gasteiger partial charge in [0.1, 0.15) is 0 Å². The lowest BCUT2D eigenvalue weighted by molar-refractivity contribution is 0.110. The summed E-state index contributed by atoms with van der Waals surface area (Å²) in [6, 6.07) is 9.66. The molecule has 2 nitrogen and oxygen atoms in total. The van der Waals surface area contributed by atoms with E-state index in [0.29, 0.717) is 6.04 Å². The SMILES string of the molecule is CC(C)C1CCN(C2CCNCc3ccccc32)CC1. The lowest BCUT2D eigenvalue weighted by Crippen LogP contribution is -2.38. The second kappa shape index (κ2) is 6.28. The fourth-order valence-corrected chi connectivity index (χ4v) is 3.91. The Morgan fingerprint density at radius 2 is 1.85 bits per heavy atom. The van der Waals surface area contributed by atoms with Gasteiger partial charge >= 0.3 is 0 Å². The fraction of sp³-hybridized carbons (Fsp3) is 0.667. The molecule has 0 amide bonds. The summed E-state index contributed by atoms with van der Waals surface area (Å²) in [5, 5.41) is 3.57. The quantitative estimate of drug-likeness (QED) is 0.885. The molecule has 1 aromatic carbocycles. The summed E-state index contributed by atoms with van der Waals surface area (Å²) in [5.41, 5.74) is 3.07. The van der Waals surface area contributed by atoms with Gasteiger partial charge in [0.25, 0.3) is 0 Å². The highest BCUT2D eigenvalue weighted by Crippen LogP contribution is 2.34. The first-order valence-corrected chi connectivity index (χ1v) is 8.28. The van der Waals surface area contributed by atoms with Gasteiger partial charge in [-0.15, -0.1) is 0 Å². The van der Waals surface area contributed by atoms with E-state index >= 15 is 0 Å². The van der Waals surface area contributed by atoms with Crippen LogP contribution in [0.5, 0.6) is 0 Å². The van der Waals surface area contributed by atoms with Gasteiger partial charge in [-0.1, -0.05) is 38.1 Å². The van der Waals surface area contributed by atoms with Crippen molar-refractivity contribution in [3.05, 3.63) is 35.4 Å². The van der Waals surface area contributed by atoms with Crippen LogP contribution in [0.1, 0.15) is 50.3 Å². The maximum absolute atomic E-state index is 3.57. The Bertz CT molecular complexity index is 433. The van der Waals surface area contributed by atoms with E-state index in [1.165, 1.54) is 37.9 Å². The zero-order valence-corrected chi connectivity index (χ0v) is 12.9. The van der Waals surface area contributed by atoms with Crippen LogP contribution in [0.3, 0.4) is 0 Å². The zero-order valence-electron chi connectivity index (χ0n) is 12.9. The largest absolute Gasteiger partial charge is 0.313 e. The Morgan fingerprint density at radius 3 is 2.60 bits per heavy atom. The predicted octanol–water partition coefficient (Wildman–Crippen LogP) is 3.59. The fourth-order valence-electron chi connectivity index (χ4n) is 3.91. The number of benzene rings is 1. The van der Waals surface area contributed by atoms with Gasteiger partial charge in [0.2, 0.25) is 0 Å². The topological polar surface area (TPSA) is 15.3 Å². The van der Waals surface area contributed by atoms with Crippen LogP contribution < -0.4 is 5.32 Å². The van der Waals surface area contributed by atoms with E-state index in [1.54, 1.807) is 5.56 Å². The highest BCUT2D eigenvalue weighted by Gasteiger charge is 2.29. The van der Waals surface area contributed by atoms with Gasteiger partial charge in [-0.05, 0) is 61.9 Å². The van der Waals surface area contributed by atoms with Crippen LogP contribution in [0.2, 0.25) is 0 Å². The summed E-state index contributed by atoms with van der Waals surface area (Å²) >= 11 is 0. The molecular weight excluding hydrogens is 244 g/mol. The smallest absolute Gasteiger partial charge is 0.0363 e. The van der Waals surface area contributed by atoms with E-state index in [1.807, 2.05) is 0 Å². The number of rotatable bonds is 2. The molecule has 0 aliphatic carbocycles. The molecule has 0 radical (unpaired) electrons. The third kappa shape index (κ3) is 2.91.